The summed E-state index contributed by atoms with van der Waals surface area (Å²) in [6.07, 6.45) is 6.37. The van der Waals surface area contributed by atoms with E-state index in [1.165, 1.54) is 19.3 Å². The summed E-state index contributed by atoms with van der Waals surface area (Å²) < 4.78 is 0. The second-order valence-electron chi connectivity index (χ2n) is 5.36. The number of hydrogen-bond acceptors (Lipinski definition) is 0. The average Bonchev–Trinajstić information content (AvgIpc) is 2.09. The second kappa shape index (κ2) is 3.86. The number of rotatable bonds is 2. The van der Waals surface area contributed by atoms with Gasteiger partial charge in [-0.2, -0.15) is 0 Å². The highest BCUT2D eigenvalue weighted by Crippen LogP contribution is 2.40. The smallest absolute Gasteiger partial charge is 0.0147 e. The SMILES string of the molecule is CCC(C)(C)C1=CCC(C)C(C)C1. The van der Waals surface area contributed by atoms with Crippen molar-refractivity contribution in [2.45, 2.75) is 53.9 Å². The van der Waals surface area contributed by atoms with E-state index in [2.05, 4.69) is 40.7 Å². The Bertz CT molecular complexity index is 198. The highest BCUT2D eigenvalue weighted by atomic mass is 14.3. The first kappa shape index (κ1) is 10.8. The quantitative estimate of drug-likeness (QED) is 0.552. The van der Waals surface area contributed by atoms with Gasteiger partial charge in [0.15, 0.2) is 0 Å². The third kappa shape index (κ3) is 2.36. The van der Waals surface area contributed by atoms with Gasteiger partial charge >= 0.3 is 0 Å². The van der Waals surface area contributed by atoms with E-state index >= 15 is 0 Å². The van der Waals surface area contributed by atoms with Crippen molar-refractivity contribution in [3.05, 3.63) is 11.6 Å². The van der Waals surface area contributed by atoms with Crippen molar-refractivity contribution in [1.82, 2.24) is 0 Å². The number of hydrogen-bond donors (Lipinski definition) is 0. The molecule has 13 heavy (non-hydrogen) atoms. The predicted octanol–water partition coefficient (Wildman–Crippen LogP) is 4.42. The first-order valence-corrected chi connectivity index (χ1v) is 5.67. The van der Waals surface area contributed by atoms with Crippen LogP contribution in [0.3, 0.4) is 0 Å². The van der Waals surface area contributed by atoms with Crippen LogP contribution in [0.2, 0.25) is 0 Å². The Labute approximate surface area is 83.4 Å². The van der Waals surface area contributed by atoms with Crippen LogP contribution in [-0.4, -0.2) is 0 Å². The lowest BCUT2D eigenvalue weighted by molar-refractivity contribution is 0.313. The summed E-state index contributed by atoms with van der Waals surface area (Å²) in [4.78, 5) is 0. The summed E-state index contributed by atoms with van der Waals surface area (Å²) in [5, 5.41) is 0. The van der Waals surface area contributed by atoms with Crippen LogP contribution in [0, 0.1) is 17.3 Å². The van der Waals surface area contributed by atoms with E-state index in [9.17, 15) is 0 Å². The topological polar surface area (TPSA) is 0 Å². The van der Waals surface area contributed by atoms with Gasteiger partial charge in [-0.3, -0.25) is 0 Å². The first-order valence-electron chi connectivity index (χ1n) is 5.67. The second-order valence-corrected chi connectivity index (χ2v) is 5.36. The van der Waals surface area contributed by atoms with Crippen molar-refractivity contribution in [3.63, 3.8) is 0 Å². The van der Waals surface area contributed by atoms with Crippen LogP contribution in [0.5, 0.6) is 0 Å². The van der Waals surface area contributed by atoms with E-state index in [0.29, 0.717) is 5.41 Å². The largest absolute Gasteiger partial charge is 0.0845 e. The van der Waals surface area contributed by atoms with Gasteiger partial charge in [-0.1, -0.05) is 46.3 Å². The van der Waals surface area contributed by atoms with E-state index in [1.54, 1.807) is 5.57 Å². The van der Waals surface area contributed by atoms with Crippen LogP contribution in [0.15, 0.2) is 11.6 Å². The molecule has 1 aliphatic carbocycles. The monoisotopic (exact) mass is 180 g/mol. The maximum absolute atomic E-state index is 2.49. The van der Waals surface area contributed by atoms with Gasteiger partial charge in [-0.25, -0.2) is 0 Å². The normalized spacial score (nSPS) is 30.1. The molecule has 2 atom stereocenters. The molecule has 0 saturated carbocycles. The van der Waals surface area contributed by atoms with Gasteiger partial charge in [-0.05, 0) is 36.5 Å². The Hall–Kier alpha value is -0.260. The molecular weight excluding hydrogens is 156 g/mol. The zero-order chi connectivity index (χ0) is 10.1. The van der Waals surface area contributed by atoms with E-state index in [-0.39, 0.29) is 0 Å². The molecule has 0 fully saturated rings. The third-order valence-electron chi connectivity index (χ3n) is 4.00. The van der Waals surface area contributed by atoms with Crippen LogP contribution in [-0.2, 0) is 0 Å². The number of allylic oxidation sites excluding steroid dienone is 2. The lowest BCUT2D eigenvalue weighted by Gasteiger charge is -2.34. The average molecular weight is 180 g/mol. The van der Waals surface area contributed by atoms with Gasteiger partial charge in [0.2, 0.25) is 0 Å². The van der Waals surface area contributed by atoms with E-state index < -0.39 is 0 Å². The van der Waals surface area contributed by atoms with Crippen LogP contribution in [0.4, 0.5) is 0 Å². The van der Waals surface area contributed by atoms with Crippen molar-refractivity contribution in [2.75, 3.05) is 0 Å². The molecule has 0 aromatic carbocycles. The van der Waals surface area contributed by atoms with E-state index in [1.807, 2.05) is 0 Å². The summed E-state index contributed by atoms with van der Waals surface area (Å²) in [6.45, 7) is 11.8. The summed E-state index contributed by atoms with van der Waals surface area (Å²) in [6, 6.07) is 0. The third-order valence-corrected chi connectivity index (χ3v) is 4.00. The zero-order valence-electron chi connectivity index (χ0n) is 9.85. The molecule has 2 unspecified atom stereocenters. The van der Waals surface area contributed by atoms with Crippen LogP contribution >= 0.6 is 0 Å². The summed E-state index contributed by atoms with van der Waals surface area (Å²) in [7, 11) is 0. The fraction of sp³-hybridized carbons (Fsp3) is 0.846. The zero-order valence-corrected chi connectivity index (χ0v) is 9.85. The summed E-state index contributed by atoms with van der Waals surface area (Å²) >= 11 is 0. The Kier molecular flexibility index (Phi) is 3.21. The maximum atomic E-state index is 2.49. The Morgan fingerprint density at radius 3 is 2.38 bits per heavy atom. The van der Waals surface area contributed by atoms with Gasteiger partial charge < -0.3 is 0 Å². The molecule has 0 bridgehead atoms. The molecule has 0 aliphatic heterocycles. The van der Waals surface area contributed by atoms with E-state index in [4.69, 9.17) is 0 Å². The summed E-state index contributed by atoms with van der Waals surface area (Å²) in [5.74, 6) is 1.77. The van der Waals surface area contributed by atoms with Crippen molar-refractivity contribution in [1.29, 1.82) is 0 Å². The van der Waals surface area contributed by atoms with Gasteiger partial charge in [0.1, 0.15) is 0 Å². The van der Waals surface area contributed by atoms with Gasteiger partial charge in [0, 0.05) is 0 Å². The molecule has 1 aliphatic rings. The minimum Gasteiger partial charge on any atom is -0.0845 e. The molecule has 0 spiro atoms. The molecule has 76 valence electrons. The van der Waals surface area contributed by atoms with Gasteiger partial charge in [0.25, 0.3) is 0 Å². The van der Waals surface area contributed by atoms with Gasteiger partial charge in [-0.15, -0.1) is 0 Å². The molecule has 0 aromatic rings. The molecule has 0 radical (unpaired) electrons. The Morgan fingerprint density at radius 1 is 1.31 bits per heavy atom. The fourth-order valence-corrected chi connectivity index (χ4v) is 1.97. The molecule has 0 aromatic heterocycles. The minimum absolute atomic E-state index is 0.439. The lowest BCUT2D eigenvalue weighted by atomic mass is 9.71. The van der Waals surface area contributed by atoms with Crippen LogP contribution < -0.4 is 0 Å². The molecule has 0 amide bonds. The van der Waals surface area contributed by atoms with E-state index in [0.717, 1.165) is 11.8 Å². The molecule has 1 rings (SSSR count). The molecule has 0 heteroatoms. The highest BCUT2D eigenvalue weighted by Gasteiger charge is 2.27. The Balaban J connectivity index is 2.73. The molecule has 0 heterocycles. The molecule has 0 saturated heterocycles. The van der Waals surface area contributed by atoms with Crippen LogP contribution in [0.25, 0.3) is 0 Å². The first-order chi connectivity index (χ1) is 5.97. The fourth-order valence-electron chi connectivity index (χ4n) is 1.97. The van der Waals surface area contributed by atoms with Crippen molar-refractivity contribution < 1.29 is 0 Å². The minimum atomic E-state index is 0.439. The lowest BCUT2D eigenvalue weighted by Crippen LogP contribution is -2.22. The maximum Gasteiger partial charge on any atom is -0.0147 e. The molecule has 0 N–H and O–H groups in total. The van der Waals surface area contributed by atoms with Crippen molar-refractivity contribution in [2.24, 2.45) is 17.3 Å². The highest BCUT2D eigenvalue weighted by molar-refractivity contribution is 5.15. The van der Waals surface area contributed by atoms with Crippen molar-refractivity contribution >= 4 is 0 Å². The molecular formula is C13H24. The predicted molar refractivity (Wildman–Crippen MR) is 59.7 cm³/mol. The molecule has 0 nitrogen and oxygen atoms in total. The van der Waals surface area contributed by atoms with Crippen molar-refractivity contribution in [3.8, 4) is 0 Å². The standard InChI is InChI=1S/C13H24/c1-6-13(4,5)12-8-7-10(2)11(3)9-12/h8,10-11H,6-7,9H2,1-5H3. The Morgan fingerprint density at radius 2 is 1.92 bits per heavy atom. The summed E-state index contributed by atoms with van der Waals surface area (Å²) in [5.41, 5.74) is 2.13. The van der Waals surface area contributed by atoms with Gasteiger partial charge in [0.05, 0.1) is 0 Å². The van der Waals surface area contributed by atoms with Crippen LogP contribution in [0.1, 0.15) is 53.9 Å².